The van der Waals surface area contributed by atoms with Gasteiger partial charge in [-0.1, -0.05) is 20.3 Å². The van der Waals surface area contributed by atoms with Gasteiger partial charge in [0.2, 0.25) is 0 Å². The molecule has 0 aromatic carbocycles. The molecule has 1 saturated heterocycles. The molecule has 1 aliphatic rings. The Bertz CT molecular complexity index is 570. The van der Waals surface area contributed by atoms with Crippen LogP contribution >= 0.6 is 0 Å². The molecule has 21 heavy (non-hydrogen) atoms. The van der Waals surface area contributed by atoms with Gasteiger partial charge < -0.3 is 14.6 Å². The van der Waals surface area contributed by atoms with Gasteiger partial charge in [0, 0.05) is 25.5 Å². The first kappa shape index (κ1) is 15.5. The standard InChI is InChI=1S/C15H23N3O3/c1-3-6-15(14(20)21)7-5-10-18(15)12-13(19)17(9-4-2)11-8-16-12/h8,11H,3-7,9-10H2,1-2H3,(H,20,21). The molecule has 1 aromatic heterocycles. The second-order valence-electron chi connectivity index (χ2n) is 5.59. The summed E-state index contributed by atoms with van der Waals surface area (Å²) in [5, 5.41) is 9.71. The van der Waals surface area contributed by atoms with Crippen molar-refractivity contribution >= 4 is 11.8 Å². The van der Waals surface area contributed by atoms with E-state index < -0.39 is 11.5 Å². The Morgan fingerprint density at radius 3 is 2.81 bits per heavy atom. The van der Waals surface area contributed by atoms with Gasteiger partial charge in [-0.25, -0.2) is 9.78 Å². The Balaban J connectivity index is 2.47. The topological polar surface area (TPSA) is 75.4 Å². The molecule has 0 saturated carbocycles. The molecule has 1 atom stereocenters. The third-order valence-electron chi connectivity index (χ3n) is 4.17. The lowest BCUT2D eigenvalue weighted by atomic mass is 9.90. The minimum absolute atomic E-state index is 0.192. The molecule has 0 spiro atoms. The summed E-state index contributed by atoms with van der Waals surface area (Å²) in [6.45, 7) is 5.16. The van der Waals surface area contributed by atoms with E-state index in [0.29, 0.717) is 25.9 Å². The minimum atomic E-state index is -0.980. The van der Waals surface area contributed by atoms with Crippen molar-refractivity contribution in [3.8, 4) is 0 Å². The van der Waals surface area contributed by atoms with Crippen molar-refractivity contribution in [3.05, 3.63) is 22.7 Å². The summed E-state index contributed by atoms with van der Waals surface area (Å²) in [5.74, 6) is -0.576. The smallest absolute Gasteiger partial charge is 0.329 e. The quantitative estimate of drug-likeness (QED) is 0.866. The molecule has 0 radical (unpaired) electrons. The highest BCUT2D eigenvalue weighted by molar-refractivity contribution is 5.84. The molecule has 0 amide bonds. The zero-order valence-electron chi connectivity index (χ0n) is 12.7. The Labute approximate surface area is 124 Å². The van der Waals surface area contributed by atoms with Gasteiger partial charge in [0.1, 0.15) is 5.54 Å². The van der Waals surface area contributed by atoms with Crippen LogP contribution in [0.4, 0.5) is 5.82 Å². The summed E-state index contributed by atoms with van der Waals surface area (Å²) in [6, 6.07) is 0. The monoisotopic (exact) mass is 293 g/mol. The van der Waals surface area contributed by atoms with Crippen LogP contribution in [0.2, 0.25) is 0 Å². The lowest BCUT2D eigenvalue weighted by Gasteiger charge is -2.35. The van der Waals surface area contributed by atoms with E-state index in [-0.39, 0.29) is 11.4 Å². The maximum absolute atomic E-state index is 12.5. The van der Waals surface area contributed by atoms with E-state index in [1.807, 2.05) is 13.8 Å². The largest absolute Gasteiger partial charge is 0.479 e. The molecular formula is C15H23N3O3. The van der Waals surface area contributed by atoms with Crippen molar-refractivity contribution in [3.63, 3.8) is 0 Å². The lowest BCUT2D eigenvalue weighted by molar-refractivity contribution is -0.143. The third kappa shape index (κ3) is 2.66. The number of carboxylic acid groups (broad SMARTS) is 1. The third-order valence-corrected chi connectivity index (χ3v) is 4.17. The summed E-state index contributed by atoms with van der Waals surface area (Å²) >= 11 is 0. The average Bonchev–Trinajstić information content (AvgIpc) is 2.87. The van der Waals surface area contributed by atoms with Crippen LogP contribution < -0.4 is 10.5 Å². The normalized spacial score (nSPS) is 21.7. The van der Waals surface area contributed by atoms with Crippen LogP contribution in [0.1, 0.15) is 46.0 Å². The van der Waals surface area contributed by atoms with E-state index in [1.54, 1.807) is 21.9 Å². The molecule has 1 fully saturated rings. The molecule has 1 aliphatic heterocycles. The van der Waals surface area contributed by atoms with Crippen LogP contribution in [-0.2, 0) is 11.3 Å². The highest BCUT2D eigenvalue weighted by atomic mass is 16.4. The zero-order chi connectivity index (χ0) is 15.5. The summed E-state index contributed by atoms with van der Waals surface area (Å²) in [4.78, 5) is 30.3. The van der Waals surface area contributed by atoms with Crippen LogP contribution in [0, 0.1) is 0 Å². The van der Waals surface area contributed by atoms with Crippen LogP contribution in [0.25, 0.3) is 0 Å². The van der Waals surface area contributed by atoms with Gasteiger partial charge in [-0.15, -0.1) is 0 Å². The molecule has 6 heteroatoms. The van der Waals surface area contributed by atoms with Crippen LogP contribution in [0.5, 0.6) is 0 Å². The number of aliphatic carboxylic acids is 1. The lowest BCUT2D eigenvalue weighted by Crippen LogP contribution is -2.53. The molecule has 0 bridgehead atoms. The Hall–Kier alpha value is -1.85. The van der Waals surface area contributed by atoms with E-state index in [2.05, 4.69) is 4.98 Å². The molecule has 2 heterocycles. The van der Waals surface area contributed by atoms with Gasteiger partial charge in [-0.2, -0.15) is 0 Å². The van der Waals surface area contributed by atoms with Crippen LogP contribution in [-0.4, -0.2) is 32.7 Å². The number of hydrogen-bond acceptors (Lipinski definition) is 4. The fourth-order valence-corrected chi connectivity index (χ4v) is 3.23. The average molecular weight is 293 g/mol. The second kappa shape index (κ2) is 6.28. The molecular weight excluding hydrogens is 270 g/mol. The maximum Gasteiger partial charge on any atom is 0.329 e. The predicted molar refractivity (Wildman–Crippen MR) is 80.6 cm³/mol. The number of aryl methyl sites for hydroxylation is 1. The highest BCUT2D eigenvalue weighted by Crippen LogP contribution is 2.35. The predicted octanol–water partition coefficient (Wildman–Crippen LogP) is 1.88. The van der Waals surface area contributed by atoms with E-state index in [1.165, 1.54) is 0 Å². The Morgan fingerprint density at radius 1 is 1.43 bits per heavy atom. The summed E-state index contributed by atoms with van der Waals surface area (Å²) in [5.41, 5.74) is -1.17. The number of hydrogen-bond donors (Lipinski definition) is 1. The highest BCUT2D eigenvalue weighted by Gasteiger charge is 2.48. The van der Waals surface area contributed by atoms with Gasteiger partial charge in [-0.3, -0.25) is 4.79 Å². The van der Waals surface area contributed by atoms with Crippen molar-refractivity contribution in [2.45, 2.75) is 58.0 Å². The molecule has 2 rings (SSSR count). The van der Waals surface area contributed by atoms with Crippen LogP contribution in [0.3, 0.4) is 0 Å². The van der Waals surface area contributed by atoms with E-state index in [4.69, 9.17) is 0 Å². The summed E-state index contributed by atoms with van der Waals surface area (Å²) in [6.07, 6.45) is 6.74. The van der Waals surface area contributed by atoms with Gasteiger partial charge in [0.25, 0.3) is 5.56 Å². The van der Waals surface area contributed by atoms with Gasteiger partial charge in [0.15, 0.2) is 5.82 Å². The first-order valence-electron chi connectivity index (χ1n) is 7.63. The second-order valence-corrected chi connectivity index (χ2v) is 5.59. The Morgan fingerprint density at radius 2 is 2.19 bits per heavy atom. The number of anilines is 1. The SMILES string of the molecule is CCCn1ccnc(N2CCCC2(CCC)C(=O)O)c1=O. The Kier molecular flexibility index (Phi) is 4.65. The fraction of sp³-hybridized carbons (Fsp3) is 0.667. The van der Waals surface area contributed by atoms with Gasteiger partial charge >= 0.3 is 5.97 Å². The first-order chi connectivity index (χ1) is 10.1. The van der Waals surface area contributed by atoms with E-state index >= 15 is 0 Å². The molecule has 1 unspecified atom stereocenters. The number of carboxylic acids is 1. The van der Waals surface area contributed by atoms with Crippen LogP contribution in [0.15, 0.2) is 17.2 Å². The van der Waals surface area contributed by atoms with Crippen molar-refractivity contribution in [2.75, 3.05) is 11.4 Å². The number of carbonyl (C=O) groups is 1. The maximum atomic E-state index is 12.5. The minimum Gasteiger partial charge on any atom is -0.479 e. The van der Waals surface area contributed by atoms with Gasteiger partial charge in [-0.05, 0) is 25.7 Å². The summed E-state index contributed by atoms with van der Waals surface area (Å²) < 4.78 is 1.61. The first-order valence-corrected chi connectivity index (χ1v) is 7.63. The molecule has 6 nitrogen and oxygen atoms in total. The molecule has 0 aliphatic carbocycles. The van der Waals surface area contributed by atoms with Crippen molar-refractivity contribution < 1.29 is 9.90 Å². The zero-order valence-corrected chi connectivity index (χ0v) is 12.7. The number of nitrogens with zero attached hydrogens (tertiary/aromatic N) is 3. The van der Waals surface area contributed by atoms with Gasteiger partial charge in [0.05, 0.1) is 0 Å². The molecule has 116 valence electrons. The molecule has 1 aromatic rings. The molecule has 1 N–H and O–H groups in total. The summed E-state index contributed by atoms with van der Waals surface area (Å²) in [7, 11) is 0. The van der Waals surface area contributed by atoms with Crippen molar-refractivity contribution in [2.24, 2.45) is 0 Å². The number of aromatic nitrogens is 2. The van der Waals surface area contributed by atoms with Crippen molar-refractivity contribution in [1.82, 2.24) is 9.55 Å². The van der Waals surface area contributed by atoms with E-state index in [9.17, 15) is 14.7 Å². The number of rotatable bonds is 6. The fourth-order valence-electron chi connectivity index (χ4n) is 3.23. The van der Waals surface area contributed by atoms with E-state index in [0.717, 1.165) is 19.3 Å². The van der Waals surface area contributed by atoms with Crippen molar-refractivity contribution in [1.29, 1.82) is 0 Å².